The Hall–Kier alpha value is -2.80. The van der Waals surface area contributed by atoms with E-state index in [0.717, 1.165) is 32.9 Å². The first-order valence-corrected chi connectivity index (χ1v) is 9.02. The van der Waals surface area contributed by atoms with E-state index in [1.807, 2.05) is 43.3 Å². The summed E-state index contributed by atoms with van der Waals surface area (Å²) >= 11 is 3.54. The first kappa shape index (κ1) is 19.0. The largest absolute Gasteiger partial charge is 0.497 e. The molecule has 0 fully saturated rings. The summed E-state index contributed by atoms with van der Waals surface area (Å²) in [6, 6.07) is 13.3. The number of nitrogens with one attached hydrogen (secondary N) is 1. The molecule has 7 heteroatoms. The number of aryl methyl sites for hydroxylation is 1. The number of methoxy groups -OCH3 is 3. The fourth-order valence-corrected chi connectivity index (χ4v) is 3.21. The van der Waals surface area contributed by atoms with Gasteiger partial charge in [-0.3, -0.25) is 0 Å². The van der Waals surface area contributed by atoms with Gasteiger partial charge in [0, 0.05) is 21.8 Å². The van der Waals surface area contributed by atoms with Gasteiger partial charge in [0.25, 0.3) is 0 Å². The van der Waals surface area contributed by atoms with Crippen LogP contribution in [0.15, 0.2) is 46.9 Å². The highest BCUT2D eigenvalue weighted by Crippen LogP contribution is 2.38. The summed E-state index contributed by atoms with van der Waals surface area (Å²) in [5.74, 6) is 2.51. The van der Waals surface area contributed by atoms with E-state index in [-0.39, 0.29) is 0 Å². The van der Waals surface area contributed by atoms with Gasteiger partial charge in [-0.05, 0) is 47.1 Å². The highest BCUT2D eigenvalue weighted by Gasteiger charge is 2.14. The SMILES string of the molecule is COc1cc(Br)c(Nc2nc(C)cc(-c3ccccc3OC)n2)c(OC)c1. The molecule has 0 radical (unpaired) electrons. The minimum Gasteiger partial charge on any atom is -0.497 e. The van der Waals surface area contributed by atoms with Crippen LogP contribution in [0.2, 0.25) is 0 Å². The van der Waals surface area contributed by atoms with Crippen LogP contribution in [0.3, 0.4) is 0 Å². The molecule has 0 aliphatic heterocycles. The molecule has 0 unspecified atom stereocenters. The third kappa shape index (κ3) is 4.14. The number of para-hydroxylation sites is 1. The second kappa shape index (κ2) is 8.26. The van der Waals surface area contributed by atoms with Crippen molar-refractivity contribution in [2.45, 2.75) is 6.92 Å². The highest BCUT2D eigenvalue weighted by molar-refractivity contribution is 9.10. The highest BCUT2D eigenvalue weighted by atomic mass is 79.9. The quantitative estimate of drug-likeness (QED) is 0.595. The minimum absolute atomic E-state index is 0.458. The van der Waals surface area contributed by atoms with Gasteiger partial charge in [0.1, 0.15) is 17.2 Å². The number of rotatable bonds is 6. The van der Waals surface area contributed by atoms with E-state index >= 15 is 0 Å². The van der Waals surface area contributed by atoms with Crippen LogP contribution in [0, 0.1) is 6.92 Å². The van der Waals surface area contributed by atoms with Gasteiger partial charge >= 0.3 is 0 Å². The Balaban J connectivity index is 2.04. The van der Waals surface area contributed by atoms with Crippen LogP contribution >= 0.6 is 15.9 Å². The molecular weight excluding hydrogens is 410 g/mol. The van der Waals surface area contributed by atoms with Crippen LogP contribution in [0.5, 0.6) is 17.2 Å². The molecule has 3 rings (SSSR count). The molecule has 140 valence electrons. The van der Waals surface area contributed by atoms with Gasteiger partial charge in [-0.1, -0.05) is 12.1 Å². The van der Waals surface area contributed by atoms with Gasteiger partial charge in [0.05, 0.1) is 32.7 Å². The van der Waals surface area contributed by atoms with Crippen molar-refractivity contribution >= 4 is 27.6 Å². The molecule has 1 aromatic heterocycles. The van der Waals surface area contributed by atoms with Gasteiger partial charge in [-0.2, -0.15) is 0 Å². The molecule has 0 spiro atoms. The summed E-state index contributed by atoms with van der Waals surface area (Å²) in [6.45, 7) is 1.92. The molecule has 0 bridgehead atoms. The van der Waals surface area contributed by atoms with Crippen molar-refractivity contribution in [2.75, 3.05) is 26.6 Å². The lowest BCUT2D eigenvalue weighted by Crippen LogP contribution is -2.03. The lowest BCUT2D eigenvalue weighted by Gasteiger charge is -2.15. The van der Waals surface area contributed by atoms with E-state index in [2.05, 4.69) is 31.2 Å². The zero-order valence-electron chi connectivity index (χ0n) is 15.5. The predicted octanol–water partition coefficient (Wildman–Crippen LogP) is 4.98. The summed E-state index contributed by atoms with van der Waals surface area (Å²) < 4.78 is 17.0. The molecule has 1 N–H and O–H groups in total. The third-order valence-electron chi connectivity index (χ3n) is 3.96. The van der Waals surface area contributed by atoms with Crippen LogP contribution in [-0.4, -0.2) is 31.3 Å². The predicted molar refractivity (Wildman–Crippen MR) is 109 cm³/mol. The summed E-state index contributed by atoms with van der Waals surface area (Å²) in [4.78, 5) is 9.16. The molecule has 3 aromatic rings. The molecule has 0 aliphatic carbocycles. The third-order valence-corrected chi connectivity index (χ3v) is 4.58. The lowest BCUT2D eigenvalue weighted by molar-refractivity contribution is 0.395. The van der Waals surface area contributed by atoms with Crippen molar-refractivity contribution in [1.82, 2.24) is 9.97 Å². The number of anilines is 2. The Bertz CT molecular complexity index is 963. The fraction of sp³-hybridized carbons (Fsp3) is 0.200. The van der Waals surface area contributed by atoms with Crippen molar-refractivity contribution in [3.8, 4) is 28.5 Å². The zero-order valence-corrected chi connectivity index (χ0v) is 17.1. The molecule has 0 amide bonds. The maximum atomic E-state index is 5.47. The molecule has 6 nitrogen and oxygen atoms in total. The topological polar surface area (TPSA) is 65.5 Å². The van der Waals surface area contributed by atoms with Crippen LogP contribution in [0.1, 0.15) is 5.69 Å². The van der Waals surface area contributed by atoms with Crippen molar-refractivity contribution in [1.29, 1.82) is 0 Å². The van der Waals surface area contributed by atoms with Crippen LogP contribution in [0.4, 0.5) is 11.6 Å². The lowest BCUT2D eigenvalue weighted by atomic mass is 10.1. The molecule has 0 saturated heterocycles. The summed E-state index contributed by atoms with van der Waals surface area (Å²) in [6.07, 6.45) is 0. The van der Waals surface area contributed by atoms with E-state index in [4.69, 9.17) is 14.2 Å². The molecule has 0 aliphatic rings. The number of hydrogen-bond acceptors (Lipinski definition) is 6. The van der Waals surface area contributed by atoms with E-state index in [1.54, 1.807) is 27.4 Å². The zero-order chi connectivity index (χ0) is 19.4. The summed E-state index contributed by atoms with van der Waals surface area (Å²) in [5.41, 5.74) is 3.22. The van der Waals surface area contributed by atoms with Crippen molar-refractivity contribution in [3.05, 3.63) is 52.6 Å². The normalized spacial score (nSPS) is 10.4. The average molecular weight is 430 g/mol. The molecule has 1 heterocycles. The number of nitrogens with zero attached hydrogens (tertiary/aromatic N) is 2. The Labute approximate surface area is 166 Å². The van der Waals surface area contributed by atoms with E-state index < -0.39 is 0 Å². The van der Waals surface area contributed by atoms with Gasteiger partial charge in [-0.25, -0.2) is 9.97 Å². The smallest absolute Gasteiger partial charge is 0.228 e. The van der Waals surface area contributed by atoms with Crippen LogP contribution in [0.25, 0.3) is 11.3 Å². The van der Waals surface area contributed by atoms with Crippen molar-refractivity contribution in [3.63, 3.8) is 0 Å². The van der Waals surface area contributed by atoms with E-state index in [9.17, 15) is 0 Å². The second-order valence-electron chi connectivity index (χ2n) is 5.73. The molecule has 27 heavy (non-hydrogen) atoms. The van der Waals surface area contributed by atoms with Gasteiger partial charge in [0.15, 0.2) is 0 Å². The van der Waals surface area contributed by atoms with Crippen molar-refractivity contribution < 1.29 is 14.2 Å². The first-order chi connectivity index (χ1) is 13.0. The van der Waals surface area contributed by atoms with Crippen LogP contribution < -0.4 is 19.5 Å². The minimum atomic E-state index is 0.458. The van der Waals surface area contributed by atoms with Crippen molar-refractivity contribution in [2.24, 2.45) is 0 Å². The Morgan fingerprint density at radius 2 is 1.63 bits per heavy atom. The monoisotopic (exact) mass is 429 g/mol. The van der Waals surface area contributed by atoms with Gasteiger partial charge in [0.2, 0.25) is 5.95 Å². The summed E-state index contributed by atoms with van der Waals surface area (Å²) in [7, 11) is 4.85. The summed E-state index contributed by atoms with van der Waals surface area (Å²) in [5, 5.41) is 3.24. The first-order valence-electron chi connectivity index (χ1n) is 8.23. The number of ether oxygens (including phenoxy) is 3. The Morgan fingerprint density at radius 3 is 2.33 bits per heavy atom. The molecule has 0 saturated carbocycles. The number of benzene rings is 2. The molecule has 0 atom stereocenters. The van der Waals surface area contributed by atoms with Gasteiger partial charge in [-0.15, -0.1) is 0 Å². The van der Waals surface area contributed by atoms with Crippen LogP contribution in [-0.2, 0) is 0 Å². The Kier molecular flexibility index (Phi) is 5.81. The number of hydrogen-bond donors (Lipinski definition) is 1. The maximum absolute atomic E-state index is 5.47. The van der Waals surface area contributed by atoms with Gasteiger partial charge < -0.3 is 19.5 Å². The Morgan fingerprint density at radius 1 is 0.889 bits per heavy atom. The van der Waals surface area contributed by atoms with E-state index in [1.165, 1.54) is 0 Å². The number of halogens is 1. The molecule has 2 aromatic carbocycles. The van der Waals surface area contributed by atoms with E-state index in [0.29, 0.717) is 17.4 Å². The number of aromatic nitrogens is 2. The maximum Gasteiger partial charge on any atom is 0.228 e. The second-order valence-corrected chi connectivity index (χ2v) is 6.58. The molecular formula is C20H20BrN3O3. The average Bonchev–Trinajstić information content (AvgIpc) is 2.68. The fourth-order valence-electron chi connectivity index (χ4n) is 2.69. The standard InChI is InChI=1S/C20H20BrN3O3/c1-12-9-16(14-7-5-6-8-17(14)26-3)23-20(22-12)24-19-15(21)10-13(25-2)11-18(19)27-4/h5-11H,1-4H3,(H,22,23,24).